The van der Waals surface area contributed by atoms with Crippen LogP contribution in [-0.4, -0.2) is 37.8 Å². The van der Waals surface area contributed by atoms with Crippen LogP contribution in [0.5, 0.6) is 0 Å². The highest BCUT2D eigenvalue weighted by atomic mass is 15.4. The third-order valence-corrected chi connectivity index (χ3v) is 3.11. The second kappa shape index (κ2) is 8.74. The molecule has 0 fully saturated rings. The van der Waals surface area contributed by atoms with Gasteiger partial charge in [-0.1, -0.05) is 31.7 Å². The Balaban J connectivity index is 2.98. The van der Waals surface area contributed by atoms with Crippen molar-refractivity contribution in [2.24, 2.45) is 5.10 Å². The average molecular weight is 285 g/mol. The number of likely N-dealkylation sites (N-methyl/N-ethyl adjacent to an activating group) is 1. The average Bonchev–Trinajstić information content (AvgIpc) is 2.53. The Morgan fingerprint density at radius 1 is 1.38 bits per heavy atom. The van der Waals surface area contributed by atoms with Crippen molar-refractivity contribution < 1.29 is 4.58 Å². The second-order valence-electron chi connectivity index (χ2n) is 4.54. The van der Waals surface area contributed by atoms with E-state index in [1.807, 2.05) is 67.1 Å². The Hall–Kier alpha value is -2.36. The second-order valence-corrected chi connectivity index (χ2v) is 4.54. The van der Waals surface area contributed by atoms with Gasteiger partial charge in [-0.15, -0.1) is 0 Å². The van der Waals surface area contributed by atoms with E-state index in [2.05, 4.69) is 30.0 Å². The van der Waals surface area contributed by atoms with Gasteiger partial charge in [-0.2, -0.15) is 5.10 Å². The van der Waals surface area contributed by atoms with Gasteiger partial charge in [0.1, 0.15) is 11.9 Å². The van der Waals surface area contributed by atoms with Crippen molar-refractivity contribution in [2.45, 2.75) is 13.3 Å². The molecule has 0 saturated heterocycles. The van der Waals surface area contributed by atoms with Gasteiger partial charge in [-0.3, -0.25) is 10.3 Å². The standard InChI is InChI=1S/C17H24N4/c1-6-11-15(7-2)20(4)17(18-3)14-19-21(5)16-12-9-8-10-13-16/h7-14H,2,6H2,1,3-5H3/p+1/b15-11+,19-14+. The third-order valence-electron chi connectivity index (χ3n) is 3.11. The molecule has 1 aromatic carbocycles. The molecule has 0 aliphatic carbocycles. The zero-order valence-corrected chi connectivity index (χ0v) is 13.4. The number of benzene rings is 1. The number of hydrazone groups is 1. The molecule has 0 unspecified atom stereocenters. The first kappa shape index (κ1) is 16.7. The van der Waals surface area contributed by atoms with E-state index in [1.165, 1.54) is 0 Å². The van der Waals surface area contributed by atoms with Crippen LogP contribution in [0, 0.1) is 0 Å². The lowest BCUT2D eigenvalue weighted by Gasteiger charge is -2.12. The van der Waals surface area contributed by atoms with Crippen molar-refractivity contribution in [1.29, 1.82) is 0 Å². The van der Waals surface area contributed by atoms with E-state index in [-0.39, 0.29) is 0 Å². The van der Waals surface area contributed by atoms with Gasteiger partial charge in [0.15, 0.2) is 0 Å². The summed E-state index contributed by atoms with van der Waals surface area (Å²) >= 11 is 0. The largest absolute Gasteiger partial charge is 0.294 e. The van der Waals surface area contributed by atoms with Crippen LogP contribution in [0.3, 0.4) is 0 Å². The Morgan fingerprint density at radius 2 is 2.05 bits per heavy atom. The Labute approximate surface area is 127 Å². The first-order valence-corrected chi connectivity index (χ1v) is 7.07. The molecule has 4 heteroatoms. The molecule has 0 radical (unpaired) electrons. The minimum absolute atomic E-state index is 0.900. The van der Waals surface area contributed by atoms with Crippen LogP contribution >= 0.6 is 0 Å². The first-order chi connectivity index (χ1) is 10.1. The highest BCUT2D eigenvalue weighted by Gasteiger charge is 2.08. The Morgan fingerprint density at radius 3 is 2.57 bits per heavy atom. The molecule has 1 aromatic rings. The molecule has 0 amide bonds. The van der Waals surface area contributed by atoms with Crippen molar-refractivity contribution in [3.8, 4) is 0 Å². The van der Waals surface area contributed by atoms with Crippen LogP contribution in [0.4, 0.5) is 5.69 Å². The van der Waals surface area contributed by atoms with Gasteiger partial charge in [-0.25, -0.2) is 4.58 Å². The molecule has 0 spiro atoms. The van der Waals surface area contributed by atoms with Crippen molar-refractivity contribution in [2.75, 3.05) is 26.2 Å². The molecular weight excluding hydrogens is 260 g/mol. The van der Waals surface area contributed by atoms with E-state index in [1.54, 1.807) is 6.21 Å². The topological polar surface area (TPSA) is 30.6 Å². The molecule has 0 heterocycles. The maximum Gasteiger partial charge on any atom is 0.294 e. The molecule has 0 aliphatic rings. The summed E-state index contributed by atoms with van der Waals surface area (Å²) in [6.07, 6.45) is 6.73. The third kappa shape index (κ3) is 4.91. The minimum Gasteiger partial charge on any atom is -0.276 e. The van der Waals surface area contributed by atoms with Crippen LogP contribution in [-0.2, 0) is 0 Å². The number of allylic oxidation sites excluding steroid dienone is 2. The molecule has 4 nitrogen and oxygen atoms in total. The van der Waals surface area contributed by atoms with Crippen LogP contribution < -0.4 is 10.3 Å². The van der Waals surface area contributed by atoms with Gasteiger partial charge in [0, 0.05) is 7.05 Å². The number of rotatable bonds is 6. The molecule has 0 saturated carbocycles. The summed E-state index contributed by atoms with van der Waals surface area (Å²) in [5.74, 6) is 0.900. The smallest absolute Gasteiger partial charge is 0.276 e. The summed E-state index contributed by atoms with van der Waals surface area (Å²) in [6, 6.07) is 10.0. The summed E-state index contributed by atoms with van der Waals surface area (Å²) in [6.45, 7) is 5.96. The van der Waals surface area contributed by atoms with E-state index in [0.29, 0.717) is 0 Å². The lowest BCUT2D eigenvalue weighted by molar-refractivity contribution is -0.438. The lowest BCUT2D eigenvalue weighted by Crippen LogP contribution is -2.31. The van der Waals surface area contributed by atoms with Gasteiger partial charge in [-0.05, 0) is 30.7 Å². The summed E-state index contributed by atoms with van der Waals surface area (Å²) in [5, 5.41) is 9.46. The van der Waals surface area contributed by atoms with Crippen LogP contribution in [0.1, 0.15) is 13.3 Å². The van der Waals surface area contributed by atoms with Gasteiger partial charge in [0.05, 0.1) is 19.8 Å². The molecule has 1 rings (SSSR count). The zero-order chi connectivity index (χ0) is 15.7. The fraction of sp³-hybridized carbons (Fsp3) is 0.294. The maximum absolute atomic E-state index is 4.47. The van der Waals surface area contributed by atoms with Crippen molar-refractivity contribution in [3.05, 3.63) is 54.8 Å². The molecule has 0 aliphatic heterocycles. The Kier molecular flexibility index (Phi) is 6.95. The van der Waals surface area contributed by atoms with E-state index in [0.717, 1.165) is 23.6 Å². The highest BCUT2D eigenvalue weighted by Crippen LogP contribution is 2.10. The summed E-state index contributed by atoms with van der Waals surface area (Å²) in [7, 11) is 5.80. The van der Waals surface area contributed by atoms with Gasteiger partial charge < -0.3 is 0 Å². The molecule has 21 heavy (non-hydrogen) atoms. The van der Waals surface area contributed by atoms with Crippen LogP contribution in [0.2, 0.25) is 0 Å². The van der Waals surface area contributed by atoms with Crippen molar-refractivity contribution in [3.63, 3.8) is 0 Å². The number of hydrogen-bond donors (Lipinski definition) is 1. The predicted molar refractivity (Wildman–Crippen MR) is 92.2 cm³/mol. The number of para-hydroxylation sites is 1. The molecular formula is C17H25N4+. The van der Waals surface area contributed by atoms with Crippen LogP contribution in [0.25, 0.3) is 0 Å². The highest BCUT2D eigenvalue weighted by molar-refractivity contribution is 6.27. The fourth-order valence-corrected chi connectivity index (χ4v) is 1.88. The monoisotopic (exact) mass is 285 g/mol. The van der Waals surface area contributed by atoms with Crippen LogP contribution in [0.15, 0.2) is 59.9 Å². The quantitative estimate of drug-likeness (QED) is 0.286. The van der Waals surface area contributed by atoms with Crippen molar-refractivity contribution >= 4 is 17.7 Å². The number of amidine groups is 1. The summed E-state index contributed by atoms with van der Waals surface area (Å²) in [4.78, 5) is 0. The van der Waals surface area contributed by atoms with Crippen molar-refractivity contribution in [1.82, 2.24) is 5.32 Å². The zero-order valence-electron chi connectivity index (χ0n) is 13.4. The number of anilines is 1. The minimum atomic E-state index is 0.900. The van der Waals surface area contributed by atoms with E-state index < -0.39 is 0 Å². The molecule has 0 bridgehead atoms. The fourth-order valence-electron chi connectivity index (χ4n) is 1.88. The number of nitrogens with zero attached hydrogens (tertiary/aromatic N) is 3. The first-order valence-electron chi connectivity index (χ1n) is 7.07. The van der Waals surface area contributed by atoms with E-state index >= 15 is 0 Å². The molecule has 0 atom stereocenters. The van der Waals surface area contributed by atoms with E-state index in [4.69, 9.17) is 0 Å². The predicted octanol–water partition coefficient (Wildman–Crippen LogP) is 2.85. The van der Waals surface area contributed by atoms with Gasteiger partial charge >= 0.3 is 0 Å². The normalized spacial score (nSPS) is 13.0. The number of hydrogen-bond acceptors (Lipinski definition) is 2. The van der Waals surface area contributed by atoms with E-state index in [9.17, 15) is 0 Å². The molecule has 1 N–H and O–H groups in total. The number of nitrogens with one attached hydrogen (secondary N) is 1. The molecule has 112 valence electrons. The summed E-state index contributed by atoms with van der Waals surface area (Å²) in [5.41, 5.74) is 2.09. The summed E-state index contributed by atoms with van der Waals surface area (Å²) < 4.78 is 2.03. The van der Waals surface area contributed by atoms with Gasteiger partial charge in [0.2, 0.25) is 0 Å². The lowest BCUT2D eigenvalue weighted by atomic mass is 10.3. The Bertz CT molecular complexity index is 541. The maximum atomic E-state index is 4.47. The van der Waals surface area contributed by atoms with Gasteiger partial charge in [0.25, 0.3) is 5.84 Å². The molecule has 0 aromatic heterocycles. The SMILES string of the molecule is C=CC(=C\CC)/[N+](C)=C(/C=N/N(C)c1ccccc1)NC.